The Morgan fingerprint density at radius 3 is 2.09 bits per heavy atom. The van der Waals surface area contributed by atoms with E-state index < -0.39 is 11.4 Å². The molecule has 1 aliphatic carbocycles. The van der Waals surface area contributed by atoms with E-state index in [0.29, 0.717) is 44.7 Å². The molecule has 6 heteroatoms. The van der Waals surface area contributed by atoms with Crippen LogP contribution in [0.1, 0.15) is 46.5 Å². The van der Waals surface area contributed by atoms with E-state index in [1.54, 1.807) is 4.90 Å². The van der Waals surface area contributed by atoms with Crippen molar-refractivity contribution in [2.75, 3.05) is 13.1 Å². The fourth-order valence-corrected chi connectivity index (χ4v) is 2.80. The van der Waals surface area contributed by atoms with Gasteiger partial charge in [0.05, 0.1) is 0 Å². The van der Waals surface area contributed by atoms with Crippen LogP contribution in [0.5, 0.6) is 0 Å². The van der Waals surface area contributed by atoms with Gasteiger partial charge in [-0.15, -0.1) is 0 Å². The number of carboxylic acids is 1. The van der Waals surface area contributed by atoms with Crippen molar-refractivity contribution in [2.45, 2.75) is 52.5 Å². The number of rotatable bonds is 5. The quantitative estimate of drug-likeness (QED) is 0.748. The predicted octanol–water partition coefficient (Wildman–Crippen LogP) is 1.25. The summed E-state index contributed by atoms with van der Waals surface area (Å²) >= 11 is 0. The molecular formula is C16H26N2O4. The molecule has 0 unspecified atom stereocenters. The molecule has 1 aliphatic heterocycles. The van der Waals surface area contributed by atoms with Gasteiger partial charge in [0.25, 0.3) is 0 Å². The highest BCUT2D eigenvalue weighted by Gasteiger charge is 2.58. The standard InChI is InChI=1S/C16H26N2O4/c1-10(2)11(3)17-13(19)12-4-8-18(9-5-12)14(20)16(6-7-16)15(21)22/h10-12H,4-9H2,1-3H3,(H,17,19)(H,21,22)/t11-/m0/s1. The maximum absolute atomic E-state index is 12.3. The minimum absolute atomic E-state index is 0.0488. The van der Waals surface area contributed by atoms with Gasteiger partial charge in [-0.05, 0) is 38.5 Å². The molecule has 1 heterocycles. The Morgan fingerprint density at radius 1 is 1.14 bits per heavy atom. The summed E-state index contributed by atoms with van der Waals surface area (Å²) in [6, 6.07) is 0.133. The van der Waals surface area contributed by atoms with E-state index in [1.807, 2.05) is 6.92 Å². The van der Waals surface area contributed by atoms with Gasteiger partial charge < -0.3 is 15.3 Å². The van der Waals surface area contributed by atoms with Gasteiger partial charge in [0, 0.05) is 25.0 Å². The molecule has 0 spiro atoms. The van der Waals surface area contributed by atoms with Gasteiger partial charge in [0.2, 0.25) is 11.8 Å². The molecule has 124 valence electrons. The molecule has 0 aromatic carbocycles. The lowest BCUT2D eigenvalue weighted by Crippen LogP contribution is -2.48. The fourth-order valence-electron chi connectivity index (χ4n) is 2.80. The summed E-state index contributed by atoms with van der Waals surface area (Å²) in [5.74, 6) is -0.925. The molecule has 1 saturated heterocycles. The SMILES string of the molecule is CC(C)[C@H](C)NC(=O)C1CCN(C(=O)C2(C(=O)O)CC2)CC1. The molecule has 1 saturated carbocycles. The number of aliphatic carboxylic acids is 1. The molecule has 0 aromatic rings. The van der Waals surface area contributed by atoms with Crippen LogP contribution in [0.3, 0.4) is 0 Å². The summed E-state index contributed by atoms with van der Waals surface area (Å²) in [5, 5.41) is 12.2. The molecule has 2 fully saturated rings. The number of likely N-dealkylation sites (tertiary alicyclic amines) is 1. The number of piperidine rings is 1. The number of hydrogen-bond acceptors (Lipinski definition) is 3. The molecular weight excluding hydrogens is 284 g/mol. The molecule has 1 atom stereocenters. The van der Waals surface area contributed by atoms with E-state index in [9.17, 15) is 19.5 Å². The minimum Gasteiger partial charge on any atom is -0.480 e. The number of nitrogens with zero attached hydrogens (tertiary/aromatic N) is 1. The van der Waals surface area contributed by atoms with Gasteiger partial charge >= 0.3 is 5.97 Å². The number of carbonyl (C=O) groups excluding carboxylic acids is 2. The van der Waals surface area contributed by atoms with Crippen LogP contribution in [-0.4, -0.2) is 46.9 Å². The lowest BCUT2D eigenvalue weighted by atomic mass is 9.93. The van der Waals surface area contributed by atoms with E-state index in [2.05, 4.69) is 19.2 Å². The minimum atomic E-state index is -1.17. The number of carboxylic acid groups (broad SMARTS) is 1. The highest BCUT2D eigenvalue weighted by Crippen LogP contribution is 2.47. The first-order chi connectivity index (χ1) is 10.3. The van der Waals surface area contributed by atoms with E-state index in [0.717, 1.165) is 0 Å². The van der Waals surface area contributed by atoms with Crippen LogP contribution < -0.4 is 5.32 Å². The molecule has 22 heavy (non-hydrogen) atoms. The number of hydrogen-bond donors (Lipinski definition) is 2. The summed E-state index contributed by atoms with van der Waals surface area (Å²) in [7, 11) is 0. The summed E-state index contributed by atoms with van der Waals surface area (Å²) in [6.45, 7) is 7.06. The Labute approximate surface area is 131 Å². The van der Waals surface area contributed by atoms with Crippen LogP contribution in [0, 0.1) is 17.3 Å². The third-order valence-corrected chi connectivity index (χ3v) is 5.09. The van der Waals surface area contributed by atoms with Gasteiger partial charge in [-0.25, -0.2) is 0 Å². The molecule has 2 aliphatic rings. The largest absolute Gasteiger partial charge is 0.480 e. The number of carbonyl (C=O) groups is 3. The normalized spacial score (nSPS) is 22.3. The van der Waals surface area contributed by atoms with Crippen molar-refractivity contribution in [3.63, 3.8) is 0 Å². The van der Waals surface area contributed by atoms with Crippen molar-refractivity contribution in [1.82, 2.24) is 10.2 Å². The second-order valence-electron chi connectivity index (χ2n) is 7.00. The van der Waals surface area contributed by atoms with Crippen molar-refractivity contribution in [3.05, 3.63) is 0 Å². The smallest absolute Gasteiger partial charge is 0.319 e. The second kappa shape index (κ2) is 6.26. The molecule has 0 radical (unpaired) electrons. The first-order valence-electron chi connectivity index (χ1n) is 8.11. The lowest BCUT2D eigenvalue weighted by molar-refractivity contribution is -0.154. The molecule has 6 nitrogen and oxygen atoms in total. The zero-order valence-electron chi connectivity index (χ0n) is 13.6. The van der Waals surface area contributed by atoms with Crippen LogP contribution in [0.25, 0.3) is 0 Å². The Bertz CT molecular complexity index is 463. The van der Waals surface area contributed by atoms with Gasteiger partial charge in [0.15, 0.2) is 0 Å². The Hall–Kier alpha value is -1.59. The van der Waals surface area contributed by atoms with Crippen molar-refractivity contribution in [1.29, 1.82) is 0 Å². The zero-order valence-corrected chi connectivity index (χ0v) is 13.6. The zero-order chi connectivity index (χ0) is 16.5. The van der Waals surface area contributed by atoms with Crippen LogP contribution in [0.4, 0.5) is 0 Å². The molecule has 0 bridgehead atoms. The second-order valence-corrected chi connectivity index (χ2v) is 7.00. The summed E-state index contributed by atoms with van der Waals surface area (Å²) in [4.78, 5) is 37.3. The van der Waals surface area contributed by atoms with Crippen molar-refractivity contribution < 1.29 is 19.5 Å². The van der Waals surface area contributed by atoms with Gasteiger partial charge in [-0.1, -0.05) is 13.8 Å². The van der Waals surface area contributed by atoms with Gasteiger partial charge in [-0.3, -0.25) is 14.4 Å². The predicted molar refractivity (Wildman–Crippen MR) is 81.0 cm³/mol. The van der Waals surface area contributed by atoms with Crippen LogP contribution in [0.2, 0.25) is 0 Å². The molecule has 2 N–H and O–H groups in total. The van der Waals surface area contributed by atoms with Gasteiger partial charge in [0.1, 0.15) is 5.41 Å². The third-order valence-electron chi connectivity index (χ3n) is 5.09. The van der Waals surface area contributed by atoms with Crippen molar-refractivity contribution >= 4 is 17.8 Å². The Balaban J connectivity index is 1.84. The Morgan fingerprint density at radius 2 is 1.68 bits per heavy atom. The van der Waals surface area contributed by atoms with E-state index in [1.165, 1.54) is 0 Å². The lowest BCUT2D eigenvalue weighted by Gasteiger charge is -2.33. The van der Waals surface area contributed by atoms with E-state index in [-0.39, 0.29) is 23.8 Å². The Kier molecular flexibility index (Phi) is 4.78. The maximum atomic E-state index is 12.3. The highest BCUT2D eigenvalue weighted by atomic mass is 16.4. The summed E-state index contributed by atoms with van der Waals surface area (Å²) < 4.78 is 0. The van der Waals surface area contributed by atoms with Crippen LogP contribution in [-0.2, 0) is 14.4 Å². The van der Waals surface area contributed by atoms with Crippen molar-refractivity contribution in [2.24, 2.45) is 17.3 Å². The molecule has 2 rings (SSSR count). The monoisotopic (exact) mass is 310 g/mol. The van der Waals surface area contributed by atoms with Crippen molar-refractivity contribution in [3.8, 4) is 0 Å². The molecule has 2 amide bonds. The molecule has 0 aromatic heterocycles. The summed E-state index contributed by atoms with van der Waals surface area (Å²) in [6.07, 6.45) is 2.09. The number of nitrogens with one attached hydrogen (secondary N) is 1. The fraction of sp³-hybridized carbons (Fsp3) is 0.812. The van der Waals surface area contributed by atoms with E-state index >= 15 is 0 Å². The van der Waals surface area contributed by atoms with E-state index in [4.69, 9.17) is 0 Å². The average molecular weight is 310 g/mol. The van der Waals surface area contributed by atoms with Crippen LogP contribution in [0.15, 0.2) is 0 Å². The maximum Gasteiger partial charge on any atom is 0.319 e. The topological polar surface area (TPSA) is 86.7 Å². The summed E-state index contributed by atoms with van der Waals surface area (Å²) in [5.41, 5.74) is -1.17. The number of amides is 2. The van der Waals surface area contributed by atoms with Crippen LogP contribution >= 0.6 is 0 Å². The first-order valence-corrected chi connectivity index (χ1v) is 8.11. The average Bonchev–Trinajstić information content (AvgIpc) is 3.28. The van der Waals surface area contributed by atoms with Gasteiger partial charge in [-0.2, -0.15) is 0 Å². The first kappa shape index (κ1) is 16.8. The highest BCUT2D eigenvalue weighted by molar-refractivity contribution is 6.04. The third kappa shape index (κ3) is 3.25.